The minimum Gasteiger partial charge on any atom is -0.350 e. The molecule has 2 rings (SSSR count). The third kappa shape index (κ3) is 7.92. The predicted octanol–water partition coefficient (Wildman–Crippen LogP) is 0.514. The monoisotopic (exact) mass is 484 g/mol. The molecule has 2 fully saturated rings. The first-order valence-electron chi connectivity index (χ1n) is 9.57. The van der Waals surface area contributed by atoms with Crippen LogP contribution < -0.4 is 5.32 Å². The van der Waals surface area contributed by atoms with Crippen molar-refractivity contribution in [3.63, 3.8) is 0 Å². The smallest absolute Gasteiger partial charge is 0.350 e. The summed E-state index contributed by atoms with van der Waals surface area (Å²) < 4.78 is 43.6. The van der Waals surface area contributed by atoms with Gasteiger partial charge in [-0.25, -0.2) is 13.9 Å². The summed E-state index contributed by atoms with van der Waals surface area (Å²) in [5.74, 6) is -1.54. The fourth-order valence-corrected chi connectivity index (χ4v) is 4.23. The highest BCUT2D eigenvalue weighted by atomic mass is 31.2. The Balaban J connectivity index is 2.10. The molecular weight excluding hydrogens is 457 g/mol. The topological polar surface area (TPSA) is 181 Å². The lowest BCUT2D eigenvalue weighted by Gasteiger charge is -2.34. The van der Waals surface area contributed by atoms with Crippen LogP contribution in [0.4, 0.5) is 4.79 Å². The lowest BCUT2D eigenvalue weighted by Crippen LogP contribution is -2.57. The fraction of sp³-hybridized carbons (Fsp3) is 0.867. The molecule has 31 heavy (non-hydrogen) atoms. The lowest BCUT2D eigenvalue weighted by molar-refractivity contribution is -0.128. The Morgan fingerprint density at radius 3 is 2.48 bits per heavy atom. The van der Waals surface area contributed by atoms with Gasteiger partial charge in [-0.1, -0.05) is 26.6 Å². The Bertz CT molecular complexity index is 763. The molecule has 6 unspecified atom stereocenters. The highest BCUT2D eigenvalue weighted by Crippen LogP contribution is 2.49. The molecule has 2 aliphatic heterocycles. The van der Waals surface area contributed by atoms with Gasteiger partial charge < -0.3 is 19.4 Å². The molecule has 16 heteroatoms. The van der Waals surface area contributed by atoms with E-state index in [2.05, 4.69) is 9.84 Å². The molecular formula is C15H27BN2O11P2. The minimum absolute atomic E-state index is 0.0185. The molecule has 2 saturated heterocycles. The zero-order chi connectivity index (χ0) is 23.6. The van der Waals surface area contributed by atoms with Crippen molar-refractivity contribution in [2.75, 3.05) is 19.8 Å². The number of amides is 3. The molecule has 0 saturated carbocycles. The molecule has 4 N–H and O–H groups in total. The Kier molecular flexibility index (Phi) is 8.88. The number of phosphoric acid groups is 2. The zero-order valence-electron chi connectivity index (χ0n) is 17.3. The van der Waals surface area contributed by atoms with Crippen LogP contribution in [0.15, 0.2) is 0 Å². The van der Waals surface area contributed by atoms with Gasteiger partial charge in [0.15, 0.2) is 0 Å². The van der Waals surface area contributed by atoms with E-state index in [4.69, 9.17) is 31.4 Å². The van der Waals surface area contributed by atoms with Gasteiger partial charge in [0.1, 0.15) is 18.4 Å². The molecule has 3 amide bonds. The number of hydrogen-bond donors (Lipinski definition) is 4. The van der Waals surface area contributed by atoms with Gasteiger partial charge in [-0.3, -0.25) is 28.6 Å². The number of nitrogens with one attached hydrogen (secondary N) is 1. The van der Waals surface area contributed by atoms with Crippen molar-refractivity contribution in [3.8, 4) is 0 Å². The third-order valence-corrected chi connectivity index (χ3v) is 6.40. The molecule has 2 radical (unpaired) electrons. The first kappa shape index (κ1) is 26.4. The van der Waals surface area contributed by atoms with Gasteiger partial charge in [0.05, 0.1) is 27.0 Å². The van der Waals surface area contributed by atoms with Crippen molar-refractivity contribution < 1.29 is 51.7 Å². The highest BCUT2D eigenvalue weighted by Gasteiger charge is 2.46. The molecule has 2 aliphatic rings. The number of carbonyl (C=O) groups excluding carboxylic acids is 2. The van der Waals surface area contributed by atoms with Crippen LogP contribution in [0.1, 0.15) is 27.2 Å². The molecule has 13 nitrogen and oxygen atoms in total. The molecule has 0 bridgehead atoms. The average molecular weight is 484 g/mol. The quantitative estimate of drug-likeness (QED) is 0.251. The Labute approximate surface area is 181 Å². The summed E-state index contributed by atoms with van der Waals surface area (Å²) in [5.41, 5.74) is 0. The number of carbonyl (C=O) groups is 2. The summed E-state index contributed by atoms with van der Waals surface area (Å²) in [4.78, 5) is 53.0. The zero-order valence-corrected chi connectivity index (χ0v) is 19.1. The maximum Gasteiger partial charge on any atom is 0.472 e. The predicted molar refractivity (Wildman–Crippen MR) is 106 cm³/mol. The van der Waals surface area contributed by atoms with Crippen molar-refractivity contribution >= 4 is 35.4 Å². The van der Waals surface area contributed by atoms with Crippen LogP contribution in [-0.4, -0.2) is 77.6 Å². The number of urea groups is 1. The van der Waals surface area contributed by atoms with Crippen molar-refractivity contribution in [2.45, 2.75) is 51.4 Å². The Morgan fingerprint density at radius 1 is 1.26 bits per heavy atom. The maximum atomic E-state index is 12.4. The van der Waals surface area contributed by atoms with Crippen LogP contribution in [0.5, 0.6) is 0 Å². The van der Waals surface area contributed by atoms with E-state index in [0.29, 0.717) is 0 Å². The van der Waals surface area contributed by atoms with Crippen LogP contribution in [0.2, 0.25) is 5.82 Å². The molecule has 2 heterocycles. The van der Waals surface area contributed by atoms with Crippen LogP contribution in [0.25, 0.3) is 0 Å². The first-order chi connectivity index (χ1) is 14.2. The Morgan fingerprint density at radius 2 is 1.90 bits per heavy atom. The van der Waals surface area contributed by atoms with Crippen molar-refractivity contribution in [3.05, 3.63) is 0 Å². The summed E-state index contributed by atoms with van der Waals surface area (Å²) in [6.07, 6.45) is -3.54. The van der Waals surface area contributed by atoms with Gasteiger partial charge in [-0.15, -0.1) is 0 Å². The molecule has 0 aromatic rings. The van der Waals surface area contributed by atoms with E-state index < -0.39 is 64.4 Å². The minimum atomic E-state index is -4.87. The van der Waals surface area contributed by atoms with Crippen LogP contribution in [0, 0.1) is 11.8 Å². The average Bonchev–Trinajstić information content (AvgIpc) is 3.02. The van der Waals surface area contributed by atoms with Crippen molar-refractivity contribution in [2.24, 2.45) is 11.8 Å². The second kappa shape index (κ2) is 10.4. The maximum absolute atomic E-state index is 12.4. The van der Waals surface area contributed by atoms with Crippen LogP contribution in [-0.2, 0) is 32.2 Å². The number of imide groups is 1. The van der Waals surface area contributed by atoms with E-state index in [1.807, 2.05) is 0 Å². The summed E-state index contributed by atoms with van der Waals surface area (Å²) in [6, 6.07) is -0.727. The standard InChI is InChI=1S/C15H27BN2O11P2/c1-8(2)10(16)6-27-31(24,25)29-11-4-13(28-12(11)7-26-30(21,22)23)18-5-9(3)14(19)17-15(18)20/h8-13H,4-7H2,1-3H3,(H,24,25)(H,17,19,20)(H2,21,22,23). The highest BCUT2D eigenvalue weighted by molar-refractivity contribution is 7.47. The van der Waals surface area contributed by atoms with Gasteiger partial charge in [0.2, 0.25) is 5.91 Å². The van der Waals surface area contributed by atoms with Gasteiger partial charge in [-0.05, 0) is 5.92 Å². The van der Waals surface area contributed by atoms with Gasteiger partial charge in [0.25, 0.3) is 0 Å². The van der Waals surface area contributed by atoms with Gasteiger partial charge in [-0.2, -0.15) is 0 Å². The summed E-state index contributed by atoms with van der Waals surface area (Å²) in [5, 5.41) is 2.16. The molecule has 0 aromatic carbocycles. The van der Waals surface area contributed by atoms with Crippen molar-refractivity contribution in [1.82, 2.24) is 10.2 Å². The van der Waals surface area contributed by atoms with Crippen LogP contribution in [0.3, 0.4) is 0 Å². The first-order valence-corrected chi connectivity index (χ1v) is 12.6. The van der Waals surface area contributed by atoms with E-state index >= 15 is 0 Å². The largest absolute Gasteiger partial charge is 0.472 e. The number of ether oxygens (including phenoxy) is 1. The number of nitrogens with zero attached hydrogens (tertiary/aromatic N) is 1. The molecule has 0 spiro atoms. The van der Waals surface area contributed by atoms with E-state index in [-0.39, 0.29) is 25.5 Å². The van der Waals surface area contributed by atoms with Gasteiger partial charge >= 0.3 is 21.7 Å². The van der Waals surface area contributed by atoms with E-state index in [1.54, 1.807) is 20.8 Å². The normalized spacial score (nSPS) is 30.4. The third-order valence-electron chi connectivity index (χ3n) is 4.90. The fourth-order valence-electron chi connectivity index (χ4n) is 2.91. The van der Waals surface area contributed by atoms with E-state index in [0.717, 1.165) is 0 Å². The summed E-state index contributed by atoms with van der Waals surface area (Å²) in [7, 11) is -3.70. The SMILES string of the molecule is [B]C(COP(=O)(O)OC1CC(N2CC(C)C(=O)NC2=O)OC1COP(=O)(O)O)C(C)C. The van der Waals surface area contributed by atoms with E-state index in [9.17, 15) is 23.6 Å². The van der Waals surface area contributed by atoms with E-state index in [1.165, 1.54) is 4.90 Å². The van der Waals surface area contributed by atoms with Crippen molar-refractivity contribution in [1.29, 1.82) is 0 Å². The number of phosphoric ester groups is 2. The second-order valence-electron chi connectivity index (χ2n) is 7.82. The summed E-state index contributed by atoms with van der Waals surface area (Å²) >= 11 is 0. The molecule has 0 aliphatic carbocycles. The molecule has 176 valence electrons. The lowest BCUT2D eigenvalue weighted by atomic mass is 9.79. The van der Waals surface area contributed by atoms with Gasteiger partial charge in [0, 0.05) is 13.0 Å². The second-order valence-corrected chi connectivity index (χ2v) is 10.5. The number of rotatable bonds is 10. The number of hydrogen-bond acceptors (Lipinski definition) is 8. The Hall–Kier alpha value is -0.815. The summed E-state index contributed by atoms with van der Waals surface area (Å²) in [6.45, 7) is 4.28. The van der Waals surface area contributed by atoms with Crippen LogP contribution >= 0.6 is 15.6 Å². The molecule has 0 aromatic heterocycles. The molecule has 6 atom stereocenters.